The van der Waals surface area contributed by atoms with Crippen LogP contribution in [-0.4, -0.2) is 30.7 Å². The van der Waals surface area contributed by atoms with Crippen LogP contribution in [0.4, 0.5) is 11.4 Å². The van der Waals surface area contributed by atoms with Gasteiger partial charge >= 0.3 is 0 Å². The number of nitrogens with one attached hydrogen (secondary N) is 2. The van der Waals surface area contributed by atoms with Gasteiger partial charge in [-0.15, -0.1) is 0 Å². The van der Waals surface area contributed by atoms with Crippen molar-refractivity contribution in [2.24, 2.45) is 0 Å². The molecule has 1 aromatic rings. The summed E-state index contributed by atoms with van der Waals surface area (Å²) in [6, 6.07) is 9.01. The summed E-state index contributed by atoms with van der Waals surface area (Å²) in [7, 11) is 0. The van der Waals surface area contributed by atoms with Gasteiger partial charge in [0.15, 0.2) is 0 Å². The molecule has 4 heteroatoms. The van der Waals surface area contributed by atoms with Crippen molar-refractivity contribution in [1.82, 2.24) is 5.32 Å². The van der Waals surface area contributed by atoms with E-state index in [2.05, 4.69) is 39.8 Å². The average molecular weight is 247 g/mol. The molecule has 17 heavy (non-hydrogen) atoms. The van der Waals surface area contributed by atoms with E-state index >= 15 is 0 Å². The summed E-state index contributed by atoms with van der Waals surface area (Å²) in [5.41, 5.74) is 2.45. The van der Waals surface area contributed by atoms with Gasteiger partial charge in [-0.1, -0.05) is 24.4 Å². The number of hydrogen-bond acceptors (Lipinski definition) is 3. The highest BCUT2D eigenvalue weighted by atomic mass is 32.1. The number of hydrogen-bond donors (Lipinski definition) is 2. The standard InChI is InChI=1S/C13H17N3S/c17-13-9-15-11-3-1-2-4-12(11)16(13)10-5-7-14-8-6-10/h1-4,10,14-15H,5-9H2. The van der Waals surface area contributed by atoms with Gasteiger partial charge in [-0.3, -0.25) is 0 Å². The highest BCUT2D eigenvalue weighted by Gasteiger charge is 2.28. The number of thiocarbonyl (C=S) groups is 1. The summed E-state index contributed by atoms with van der Waals surface area (Å²) in [5, 5.41) is 6.79. The number of nitrogens with zero attached hydrogens (tertiary/aromatic N) is 1. The maximum absolute atomic E-state index is 5.53. The summed E-state index contributed by atoms with van der Waals surface area (Å²) >= 11 is 5.53. The topological polar surface area (TPSA) is 27.3 Å². The summed E-state index contributed by atoms with van der Waals surface area (Å²) in [6.07, 6.45) is 2.35. The molecule has 1 fully saturated rings. The molecule has 0 bridgehead atoms. The largest absolute Gasteiger partial charge is 0.377 e. The first-order valence-corrected chi connectivity index (χ1v) is 6.63. The third-order valence-electron chi connectivity index (χ3n) is 3.54. The van der Waals surface area contributed by atoms with Crippen LogP contribution in [0.3, 0.4) is 0 Å². The SMILES string of the molecule is S=C1CNc2ccccc2N1C1CCNCC1. The van der Waals surface area contributed by atoms with Crippen molar-refractivity contribution in [3.8, 4) is 0 Å². The summed E-state index contributed by atoms with van der Waals surface area (Å²) in [4.78, 5) is 3.39. The molecule has 0 aliphatic carbocycles. The third kappa shape index (κ3) is 2.03. The van der Waals surface area contributed by atoms with Crippen molar-refractivity contribution in [2.45, 2.75) is 18.9 Å². The second kappa shape index (κ2) is 4.63. The van der Waals surface area contributed by atoms with Crippen LogP contribution in [0.1, 0.15) is 12.8 Å². The Bertz CT molecular complexity index is 426. The highest BCUT2D eigenvalue weighted by Crippen LogP contribution is 2.32. The fourth-order valence-electron chi connectivity index (χ4n) is 2.69. The zero-order valence-corrected chi connectivity index (χ0v) is 10.6. The maximum Gasteiger partial charge on any atom is 0.102 e. The van der Waals surface area contributed by atoms with Crippen LogP contribution in [0, 0.1) is 0 Å². The molecule has 0 spiro atoms. The second-order valence-electron chi connectivity index (χ2n) is 4.62. The van der Waals surface area contributed by atoms with Crippen LogP contribution in [0.2, 0.25) is 0 Å². The molecule has 3 rings (SSSR count). The molecule has 0 aromatic heterocycles. The van der Waals surface area contributed by atoms with E-state index in [4.69, 9.17) is 12.2 Å². The zero-order chi connectivity index (χ0) is 11.7. The van der Waals surface area contributed by atoms with Crippen LogP contribution in [0.15, 0.2) is 24.3 Å². The molecule has 1 aromatic carbocycles. The van der Waals surface area contributed by atoms with Crippen LogP contribution in [-0.2, 0) is 0 Å². The van der Waals surface area contributed by atoms with Crippen molar-refractivity contribution in [2.75, 3.05) is 29.9 Å². The minimum Gasteiger partial charge on any atom is -0.377 e. The fourth-order valence-corrected chi connectivity index (χ4v) is 3.01. The number of benzene rings is 1. The lowest BCUT2D eigenvalue weighted by Crippen LogP contribution is -2.49. The van der Waals surface area contributed by atoms with Crippen molar-refractivity contribution in [1.29, 1.82) is 0 Å². The van der Waals surface area contributed by atoms with Gasteiger partial charge in [0.25, 0.3) is 0 Å². The Morgan fingerprint density at radius 2 is 1.94 bits per heavy atom. The van der Waals surface area contributed by atoms with Crippen LogP contribution >= 0.6 is 12.2 Å². The zero-order valence-electron chi connectivity index (χ0n) is 9.78. The van der Waals surface area contributed by atoms with Crippen molar-refractivity contribution < 1.29 is 0 Å². The minimum absolute atomic E-state index is 0.562. The maximum atomic E-state index is 5.53. The molecule has 2 aliphatic rings. The Morgan fingerprint density at radius 1 is 1.18 bits per heavy atom. The molecule has 0 amide bonds. The van der Waals surface area contributed by atoms with E-state index in [1.54, 1.807) is 0 Å². The molecular weight excluding hydrogens is 230 g/mol. The Hall–Kier alpha value is -1.13. The van der Waals surface area contributed by atoms with E-state index < -0.39 is 0 Å². The summed E-state index contributed by atoms with van der Waals surface area (Å²) in [6.45, 7) is 2.98. The molecule has 3 nitrogen and oxygen atoms in total. The normalized spacial score (nSPS) is 20.9. The van der Waals surface area contributed by atoms with Gasteiger partial charge < -0.3 is 15.5 Å². The summed E-state index contributed by atoms with van der Waals surface area (Å²) in [5.74, 6) is 0. The van der Waals surface area contributed by atoms with Gasteiger partial charge in [0, 0.05) is 6.04 Å². The van der Waals surface area contributed by atoms with Gasteiger partial charge in [-0.05, 0) is 38.1 Å². The molecular formula is C13H17N3S. The first-order valence-electron chi connectivity index (χ1n) is 6.22. The molecule has 90 valence electrons. The molecule has 0 radical (unpaired) electrons. The molecule has 0 atom stereocenters. The van der Waals surface area contributed by atoms with Crippen LogP contribution in [0.5, 0.6) is 0 Å². The lowest BCUT2D eigenvalue weighted by molar-refractivity contribution is 0.456. The lowest BCUT2D eigenvalue weighted by Gasteiger charge is -2.40. The van der Waals surface area contributed by atoms with Crippen molar-refractivity contribution in [3.05, 3.63) is 24.3 Å². The minimum atomic E-state index is 0.562. The Kier molecular flexibility index (Phi) is 2.99. The Balaban J connectivity index is 1.94. The van der Waals surface area contributed by atoms with Gasteiger partial charge in [-0.25, -0.2) is 0 Å². The number of piperidine rings is 1. The number of fused-ring (bicyclic) bond motifs is 1. The van der Waals surface area contributed by atoms with E-state index in [-0.39, 0.29) is 0 Å². The Morgan fingerprint density at radius 3 is 2.76 bits per heavy atom. The molecule has 2 heterocycles. The molecule has 0 unspecified atom stereocenters. The predicted octanol–water partition coefficient (Wildman–Crippen LogP) is 2.00. The second-order valence-corrected chi connectivity index (χ2v) is 5.09. The predicted molar refractivity (Wildman–Crippen MR) is 75.9 cm³/mol. The van der Waals surface area contributed by atoms with E-state index in [0.29, 0.717) is 6.04 Å². The van der Waals surface area contributed by atoms with Crippen LogP contribution < -0.4 is 15.5 Å². The first-order chi connectivity index (χ1) is 8.36. The van der Waals surface area contributed by atoms with Gasteiger partial charge in [0.1, 0.15) is 4.99 Å². The molecule has 0 saturated carbocycles. The van der Waals surface area contributed by atoms with E-state index in [1.807, 2.05) is 0 Å². The Labute approximate surface area is 107 Å². The van der Waals surface area contributed by atoms with Crippen molar-refractivity contribution in [3.63, 3.8) is 0 Å². The smallest absolute Gasteiger partial charge is 0.102 e. The quantitative estimate of drug-likeness (QED) is 0.742. The monoisotopic (exact) mass is 247 g/mol. The van der Waals surface area contributed by atoms with Crippen LogP contribution in [0.25, 0.3) is 0 Å². The molecule has 2 aliphatic heterocycles. The highest BCUT2D eigenvalue weighted by molar-refractivity contribution is 7.80. The lowest BCUT2D eigenvalue weighted by atomic mass is 10.0. The summed E-state index contributed by atoms with van der Waals surface area (Å²) < 4.78 is 0. The number of anilines is 2. The van der Waals surface area contributed by atoms with E-state index in [9.17, 15) is 0 Å². The van der Waals surface area contributed by atoms with Gasteiger partial charge in [0.2, 0.25) is 0 Å². The van der Waals surface area contributed by atoms with Gasteiger partial charge in [-0.2, -0.15) is 0 Å². The van der Waals surface area contributed by atoms with Gasteiger partial charge in [0.05, 0.1) is 17.9 Å². The van der Waals surface area contributed by atoms with E-state index in [1.165, 1.54) is 24.2 Å². The average Bonchev–Trinajstić information content (AvgIpc) is 2.39. The fraction of sp³-hybridized carbons (Fsp3) is 0.462. The first kappa shape index (κ1) is 11.0. The number of para-hydroxylation sites is 2. The third-order valence-corrected chi connectivity index (χ3v) is 3.88. The number of rotatable bonds is 1. The van der Waals surface area contributed by atoms with Crippen molar-refractivity contribution >= 4 is 28.6 Å². The molecule has 1 saturated heterocycles. The molecule has 2 N–H and O–H groups in total. The van der Waals surface area contributed by atoms with E-state index in [0.717, 1.165) is 24.6 Å².